The van der Waals surface area contributed by atoms with Gasteiger partial charge in [0.25, 0.3) is 0 Å². The van der Waals surface area contributed by atoms with Crippen molar-refractivity contribution in [2.24, 2.45) is 0 Å². The van der Waals surface area contributed by atoms with Crippen molar-refractivity contribution < 1.29 is 5.11 Å². The van der Waals surface area contributed by atoms with Crippen molar-refractivity contribution in [3.8, 4) is 5.69 Å². The molecule has 0 radical (unpaired) electrons. The molecule has 0 saturated heterocycles. The van der Waals surface area contributed by atoms with Gasteiger partial charge in [0.05, 0.1) is 17.5 Å². The Labute approximate surface area is 136 Å². The Hall–Kier alpha value is -2.43. The molecule has 1 atom stereocenters. The van der Waals surface area contributed by atoms with E-state index in [9.17, 15) is 5.11 Å². The van der Waals surface area contributed by atoms with Gasteiger partial charge in [-0.1, -0.05) is 42.5 Å². The summed E-state index contributed by atoms with van der Waals surface area (Å²) in [7, 11) is 0. The Morgan fingerprint density at radius 2 is 1.78 bits per heavy atom. The number of para-hydroxylation sites is 1. The Balaban J connectivity index is 1.55. The van der Waals surface area contributed by atoms with Gasteiger partial charge >= 0.3 is 0 Å². The summed E-state index contributed by atoms with van der Waals surface area (Å²) in [6, 6.07) is 19.9. The van der Waals surface area contributed by atoms with Gasteiger partial charge in [0.1, 0.15) is 0 Å². The van der Waals surface area contributed by atoms with Gasteiger partial charge in [-0.2, -0.15) is 5.10 Å². The quantitative estimate of drug-likeness (QED) is 0.736. The topological polar surface area (TPSA) is 50.1 Å². The van der Waals surface area contributed by atoms with E-state index in [1.54, 1.807) is 0 Å². The highest BCUT2D eigenvalue weighted by molar-refractivity contribution is 5.30. The predicted octanol–water partition coefficient (Wildman–Crippen LogP) is 3.00. The van der Waals surface area contributed by atoms with E-state index >= 15 is 0 Å². The summed E-state index contributed by atoms with van der Waals surface area (Å²) >= 11 is 0. The number of aryl methyl sites for hydroxylation is 1. The standard InChI is InChI=1S/C19H21N3O/c1-15-7-5-6-10-18(15)19(23)14-20-13-16-11-12-22(21-16)17-8-3-2-4-9-17/h2-12,19-20,23H,13-14H2,1H3. The zero-order chi connectivity index (χ0) is 16.1. The summed E-state index contributed by atoms with van der Waals surface area (Å²) in [5.41, 5.74) is 4.06. The number of rotatable bonds is 6. The minimum Gasteiger partial charge on any atom is -0.387 e. The van der Waals surface area contributed by atoms with Gasteiger partial charge < -0.3 is 10.4 Å². The summed E-state index contributed by atoms with van der Waals surface area (Å²) in [5, 5.41) is 18.1. The average Bonchev–Trinajstić information content (AvgIpc) is 3.05. The SMILES string of the molecule is Cc1ccccc1C(O)CNCc1ccn(-c2ccccc2)n1. The molecule has 2 aromatic carbocycles. The second-order valence-electron chi connectivity index (χ2n) is 5.59. The van der Waals surface area contributed by atoms with Crippen LogP contribution in [0.15, 0.2) is 66.9 Å². The zero-order valence-electron chi connectivity index (χ0n) is 13.2. The van der Waals surface area contributed by atoms with Crippen molar-refractivity contribution in [3.63, 3.8) is 0 Å². The molecule has 3 rings (SSSR count). The maximum atomic E-state index is 10.3. The van der Waals surface area contributed by atoms with Gasteiger partial charge in [-0.05, 0) is 36.2 Å². The maximum Gasteiger partial charge on any atom is 0.0917 e. The van der Waals surface area contributed by atoms with Crippen LogP contribution < -0.4 is 5.32 Å². The Morgan fingerprint density at radius 1 is 1.04 bits per heavy atom. The van der Waals surface area contributed by atoms with Crippen LogP contribution in [0, 0.1) is 6.92 Å². The summed E-state index contributed by atoms with van der Waals surface area (Å²) in [5.74, 6) is 0. The molecule has 1 heterocycles. The molecule has 1 aromatic heterocycles. The van der Waals surface area contributed by atoms with Gasteiger partial charge in [0, 0.05) is 19.3 Å². The Kier molecular flexibility index (Phi) is 4.86. The molecule has 23 heavy (non-hydrogen) atoms. The highest BCUT2D eigenvalue weighted by atomic mass is 16.3. The summed E-state index contributed by atoms with van der Waals surface area (Å²) in [6.45, 7) is 3.14. The molecule has 0 spiro atoms. The number of hydrogen-bond donors (Lipinski definition) is 2. The number of hydrogen-bond acceptors (Lipinski definition) is 3. The third kappa shape index (κ3) is 3.86. The predicted molar refractivity (Wildman–Crippen MR) is 91.4 cm³/mol. The first-order valence-corrected chi connectivity index (χ1v) is 7.78. The number of aliphatic hydroxyl groups is 1. The van der Waals surface area contributed by atoms with E-state index in [4.69, 9.17) is 0 Å². The third-order valence-electron chi connectivity index (χ3n) is 3.86. The summed E-state index contributed by atoms with van der Waals surface area (Å²) < 4.78 is 1.86. The van der Waals surface area contributed by atoms with E-state index in [0.29, 0.717) is 13.1 Å². The second kappa shape index (κ2) is 7.22. The molecule has 0 amide bonds. The van der Waals surface area contributed by atoms with Crippen molar-refractivity contribution >= 4 is 0 Å². The van der Waals surface area contributed by atoms with E-state index < -0.39 is 6.10 Å². The first-order valence-electron chi connectivity index (χ1n) is 7.78. The Bertz CT molecular complexity index is 752. The molecule has 1 unspecified atom stereocenters. The smallest absolute Gasteiger partial charge is 0.0917 e. The van der Waals surface area contributed by atoms with Gasteiger partial charge in [-0.25, -0.2) is 4.68 Å². The van der Waals surface area contributed by atoms with Gasteiger partial charge in [-0.15, -0.1) is 0 Å². The van der Waals surface area contributed by atoms with Crippen LogP contribution in [0.2, 0.25) is 0 Å². The van der Waals surface area contributed by atoms with E-state index in [-0.39, 0.29) is 0 Å². The fourth-order valence-corrected chi connectivity index (χ4v) is 2.59. The Morgan fingerprint density at radius 3 is 2.57 bits per heavy atom. The van der Waals surface area contributed by atoms with Crippen LogP contribution in [0.5, 0.6) is 0 Å². The maximum absolute atomic E-state index is 10.3. The van der Waals surface area contributed by atoms with Crippen LogP contribution in [0.3, 0.4) is 0 Å². The number of aromatic nitrogens is 2. The third-order valence-corrected chi connectivity index (χ3v) is 3.86. The van der Waals surface area contributed by atoms with Gasteiger partial charge in [-0.3, -0.25) is 0 Å². The molecule has 0 saturated carbocycles. The molecule has 3 aromatic rings. The molecular formula is C19H21N3O. The molecule has 0 aliphatic carbocycles. The summed E-state index contributed by atoms with van der Waals surface area (Å²) in [6.07, 6.45) is 1.44. The van der Waals surface area contributed by atoms with E-state index in [1.807, 2.05) is 78.5 Å². The molecule has 0 fully saturated rings. The van der Waals surface area contributed by atoms with Crippen molar-refractivity contribution in [2.45, 2.75) is 19.6 Å². The summed E-state index contributed by atoms with van der Waals surface area (Å²) in [4.78, 5) is 0. The lowest BCUT2D eigenvalue weighted by atomic mass is 10.0. The number of nitrogens with zero attached hydrogens (tertiary/aromatic N) is 2. The molecule has 4 nitrogen and oxygen atoms in total. The molecular weight excluding hydrogens is 286 g/mol. The van der Waals surface area contributed by atoms with Crippen LogP contribution in [-0.2, 0) is 6.54 Å². The zero-order valence-corrected chi connectivity index (χ0v) is 13.2. The van der Waals surface area contributed by atoms with Crippen LogP contribution in [0.25, 0.3) is 5.69 Å². The van der Waals surface area contributed by atoms with E-state index in [1.165, 1.54) is 0 Å². The van der Waals surface area contributed by atoms with Crippen LogP contribution in [-0.4, -0.2) is 21.4 Å². The first-order chi connectivity index (χ1) is 11.2. The largest absolute Gasteiger partial charge is 0.387 e. The lowest BCUT2D eigenvalue weighted by Crippen LogP contribution is -2.21. The number of nitrogens with one attached hydrogen (secondary N) is 1. The number of aliphatic hydroxyl groups excluding tert-OH is 1. The highest BCUT2D eigenvalue weighted by Crippen LogP contribution is 2.16. The second-order valence-corrected chi connectivity index (χ2v) is 5.59. The molecule has 2 N–H and O–H groups in total. The highest BCUT2D eigenvalue weighted by Gasteiger charge is 2.09. The van der Waals surface area contributed by atoms with Crippen molar-refractivity contribution in [1.82, 2.24) is 15.1 Å². The minimum atomic E-state index is -0.507. The first kappa shape index (κ1) is 15.5. The van der Waals surface area contributed by atoms with Gasteiger partial charge in [0.2, 0.25) is 0 Å². The average molecular weight is 307 g/mol. The lowest BCUT2D eigenvalue weighted by Gasteiger charge is -2.14. The van der Waals surface area contributed by atoms with E-state index in [2.05, 4.69) is 10.4 Å². The lowest BCUT2D eigenvalue weighted by molar-refractivity contribution is 0.173. The van der Waals surface area contributed by atoms with Crippen molar-refractivity contribution in [3.05, 3.63) is 83.7 Å². The van der Waals surface area contributed by atoms with E-state index in [0.717, 1.165) is 22.5 Å². The molecule has 0 aliphatic heterocycles. The van der Waals surface area contributed by atoms with Crippen LogP contribution >= 0.6 is 0 Å². The van der Waals surface area contributed by atoms with Crippen molar-refractivity contribution in [1.29, 1.82) is 0 Å². The van der Waals surface area contributed by atoms with Crippen molar-refractivity contribution in [2.75, 3.05) is 6.54 Å². The molecule has 0 aliphatic rings. The van der Waals surface area contributed by atoms with Gasteiger partial charge in [0.15, 0.2) is 0 Å². The number of benzene rings is 2. The fraction of sp³-hybridized carbons (Fsp3) is 0.211. The minimum absolute atomic E-state index is 0.503. The monoisotopic (exact) mass is 307 g/mol. The fourth-order valence-electron chi connectivity index (χ4n) is 2.59. The van der Waals surface area contributed by atoms with Crippen LogP contribution in [0.4, 0.5) is 0 Å². The van der Waals surface area contributed by atoms with Crippen LogP contribution in [0.1, 0.15) is 22.9 Å². The molecule has 4 heteroatoms. The molecule has 0 bridgehead atoms. The molecule has 118 valence electrons. The normalized spacial score (nSPS) is 12.3.